The van der Waals surface area contributed by atoms with Gasteiger partial charge in [0.2, 0.25) is 15.9 Å². The van der Waals surface area contributed by atoms with Crippen molar-refractivity contribution in [2.24, 2.45) is 0 Å². The van der Waals surface area contributed by atoms with Crippen LogP contribution in [0.5, 0.6) is 0 Å². The number of nitrogens with one attached hydrogen (secondary N) is 1. The molecule has 0 unspecified atom stereocenters. The Morgan fingerprint density at radius 2 is 1.73 bits per heavy atom. The molecule has 1 N–H and O–H groups in total. The van der Waals surface area contributed by atoms with Crippen molar-refractivity contribution >= 4 is 50.5 Å². The van der Waals surface area contributed by atoms with Crippen LogP contribution in [-0.2, 0) is 21.2 Å². The molecule has 0 saturated heterocycles. The van der Waals surface area contributed by atoms with Crippen LogP contribution in [0.4, 0.5) is 11.4 Å². The molecule has 0 heterocycles. The number of carbonyl (C=O) groups is 1. The second-order valence-electron chi connectivity index (χ2n) is 5.87. The van der Waals surface area contributed by atoms with Crippen LogP contribution < -0.4 is 9.62 Å². The Kier molecular flexibility index (Phi) is 6.55. The Balaban J connectivity index is 2.29. The molecule has 0 saturated carbocycles. The van der Waals surface area contributed by atoms with Gasteiger partial charge in [0.05, 0.1) is 22.0 Å². The third-order valence-electron chi connectivity index (χ3n) is 3.87. The molecule has 0 aliphatic rings. The topological polar surface area (TPSA) is 66.5 Å². The SMILES string of the molecule is CCc1ccc(N([C@H](C)C(=O)Nc2ccc(Cl)c(Cl)c2)S(C)(=O)=O)cc1. The zero-order chi connectivity index (χ0) is 19.5. The molecule has 0 aliphatic heterocycles. The average Bonchev–Trinajstić information content (AvgIpc) is 2.57. The van der Waals surface area contributed by atoms with Crippen molar-refractivity contribution in [3.63, 3.8) is 0 Å². The van der Waals surface area contributed by atoms with Crippen LogP contribution in [0.1, 0.15) is 19.4 Å². The zero-order valence-electron chi connectivity index (χ0n) is 14.7. The number of rotatable bonds is 6. The Morgan fingerprint density at radius 3 is 2.23 bits per heavy atom. The maximum absolute atomic E-state index is 12.6. The van der Waals surface area contributed by atoms with E-state index >= 15 is 0 Å². The van der Waals surface area contributed by atoms with Gasteiger partial charge in [-0.3, -0.25) is 9.10 Å². The summed E-state index contributed by atoms with van der Waals surface area (Å²) < 4.78 is 25.7. The Labute approximate surface area is 164 Å². The molecule has 5 nitrogen and oxygen atoms in total. The van der Waals surface area contributed by atoms with Gasteiger partial charge in [0.1, 0.15) is 6.04 Å². The van der Waals surface area contributed by atoms with E-state index in [0.717, 1.165) is 22.5 Å². The molecule has 0 bridgehead atoms. The summed E-state index contributed by atoms with van der Waals surface area (Å²) in [5.41, 5.74) is 1.95. The molecule has 0 spiro atoms. The van der Waals surface area contributed by atoms with Gasteiger partial charge >= 0.3 is 0 Å². The fourth-order valence-electron chi connectivity index (χ4n) is 2.51. The highest BCUT2D eigenvalue weighted by Crippen LogP contribution is 2.26. The number of hydrogen-bond acceptors (Lipinski definition) is 3. The Morgan fingerprint density at radius 1 is 1.12 bits per heavy atom. The summed E-state index contributed by atoms with van der Waals surface area (Å²) in [6.07, 6.45) is 1.91. The third kappa shape index (κ3) is 4.90. The lowest BCUT2D eigenvalue weighted by Crippen LogP contribution is -2.45. The van der Waals surface area contributed by atoms with E-state index < -0.39 is 22.0 Å². The summed E-state index contributed by atoms with van der Waals surface area (Å²) >= 11 is 11.8. The number of carbonyl (C=O) groups excluding carboxylic acids is 1. The molecule has 0 aromatic heterocycles. The van der Waals surface area contributed by atoms with Gasteiger partial charge in [-0.05, 0) is 49.2 Å². The second-order valence-corrected chi connectivity index (χ2v) is 8.55. The molecule has 0 radical (unpaired) electrons. The minimum absolute atomic E-state index is 0.298. The van der Waals surface area contributed by atoms with E-state index in [1.165, 1.54) is 13.0 Å². The Bertz CT molecular complexity index is 899. The van der Waals surface area contributed by atoms with Crippen LogP contribution in [0.2, 0.25) is 10.0 Å². The van der Waals surface area contributed by atoms with E-state index in [1.807, 2.05) is 19.1 Å². The van der Waals surface area contributed by atoms with Crippen LogP contribution in [0, 0.1) is 0 Å². The molecule has 1 atom stereocenters. The van der Waals surface area contributed by atoms with Crippen LogP contribution in [0.25, 0.3) is 0 Å². The molecular weight excluding hydrogens is 395 g/mol. The predicted molar refractivity (Wildman–Crippen MR) is 108 cm³/mol. The van der Waals surface area contributed by atoms with Crippen LogP contribution in [-0.4, -0.2) is 26.6 Å². The fourth-order valence-corrected chi connectivity index (χ4v) is 3.98. The largest absolute Gasteiger partial charge is 0.324 e. The minimum atomic E-state index is -3.66. The van der Waals surface area contributed by atoms with Gasteiger partial charge in [-0.1, -0.05) is 42.3 Å². The molecular formula is C18H20Cl2N2O3S. The van der Waals surface area contributed by atoms with Gasteiger partial charge in [-0.15, -0.1) is 0 Å². The molecule has 8 heteroatoms. The van der Waals surface area contributed by atoms with Crippen molar-refractivity contribution < 1.29 is 13.2 Å². The minimum Gasteiger partial charge on any atom is -0.324 e. The number of nitrogens with zero attached hydrogens (tertiary/aromatic N) is 1. The van der Waals surface area contributed by atoms with Crippen molar-refractivity contribution in [3.05, 3.63) is 58.1 Å². The molecule has 26 heavy (non-hydrogen) atoms. The highest BCUT2D eigenvalue weighted by Gasteiger charge is 2.29. The van der Waals surface area contributed by atoms with Crippen LogP contribution in [0.3, 0.4) is 0 Å². The quantitative estimate of drug-likeness (QED) is 0.763. The van der Waals surface area contributed by atoms with Gasteiger partial charge in [-0.2, -0.15) is 0 Å². The first-order valence-corrected chi connectivity index (χ1v) is 10.6. The van der Waals surface area contributed by atoms with Crippen LogP contribution in [0.15, 0.2) is 42.5 Å². The molecule has 1 amide bonds. The summed E-state index contributed by atoms with van der Waals surface area (Å²) in [6.45, 7) is 3.54. The summed E-state index contributed by atoms with van der Waals surface area (Å²) in [5.74, 6) is -0.478. The average molecular weight is 415 g/mol. The van der Waals surface area contributed by atoms with E-state index in [0.29, 0.717) is 21.4 Å². The number of anilines is 2. The standard InChI is InChI=1S/C18H20Cl2N2O3S/c1-4-13-5-8-15(9-6-13)22(26(3,24)25)12(2)18(23)21-14-7-10-16(19)17(20)11-14/h5-12H,4H2,1-3H3,(H,21,23)/t12-/m1/s1. The first-order chi connectivity index (χ1) is 12.1. The number of hydrogen-bond donors (Lipinski definition) is 1. The first-order valence-electron chi connectivity index (χ1n) is 7.97. The normalized spacial score (nSPS) is 12.5. The van der Waals surface area contributed by atoms with E-state index in [4.69, 9.17) is 23.2 Å². The zero-order valence-corrected chi connectivity index (χ0v) is 17.0. The maximum atomic E-state index is 12.6. The number of aryl methyl sites for hydroxylation is 1. The second kappa shape index (κ2) is 8.29. The molecule has 140 valence electrons. The van der Waals surface area contributed by atoms with Gasteiger partial charge in [0, 0.05) is 5.69 Å². The van der Waals surface area contributed by atoms with Crippen molar-refractivity contribution in [3.8, 4) is 0 Å². The lowest BCUT2D eigenvalue weighted by atomic mass is 10.1. The highest BCUT2D eigenvalue weighted by molar-refractivity contribution is 7.92. The van der Waals surface area contributed by atoms with Gasteiger partial charge in [0.25, 0.3) is 0 Å². The van der Waals surface area contributed by atoms with E-state index in [-0.39, 0.29) is 0 Å². The molecule has 0 fully saturated rings. The molecule has 0 aliphatic carbocycles. The molecule has 2 aromatic carbocycles. The van der Waals surface area contributed by atoms with Gasteiger partial charge < -0.3 is 5.32 Å². The van der Waals surface area contributed by atoms with Crippen molar-refractivity contribution in [1.29, 1.82) is 0 Å². The lowest BCUT2D eigenvalue weighted by molar-refractivity contribution is -0.116. The third-order valence-corrected chi connectivity index (χ3v) is 5.86. The summed E-state index contributed by atoms with van der Waals surface area (Å²) in [7, 11) is -3.66. The molecule has 2 rings (SSSR count). The van der Waals surface area contributed by atoms with E-state index in [2.05, 4.69) is 5.32 Å². The summed E-state index contributed by atoms with van der Waals surface area (Å²) in [6, 6.07) is 10.8. The van der Waals surface area contributed by atoms with E-state index in [1.54, 1.807) is 24.3 Å². The first kappa shape index (κ1) is 20.6. The number of amides is 1. The summed E-state index contributed by atoms with van der Waals surface area (Å²) in [4.78, 5) is 12.6. The van der Waals surface area contributed by atoms with Crippen LogP contribution >= 0.6 is 23.2 Å². The van der Waals surface area contributed by atoms with Gasteiger partial charge in [-0.25, -0.2) is 8.42 Å². The van der Waals surface area contributed by atoms with E-state index in [9.17, 15) is 13.2 Å². The summed E-state index contributed by atoms with van der Waals surface area (Å²) in [5, 5.41) is 3.33. The lowest BCUT2D eigenvalue weighted by Gasteiger charge is -2.28. The van der Waals surface area contributed by atoms with Gasteiger partial charge in [0.15, 0.2) is 0 Å². The van der Waals surface area contributed by atoms with Crippen molar-refractivity contribution in [2.45, 2.75) is 26.3 Å². The number of halogens is 2. The fraction of sp³-hybridized carbons (Fsp3) is 0.278. The monoisotopic (exact) mass is 414 g/mol. The van der Waals surface area contributed by atoms with Crippen molar-refractivity contribution in [2.75, 3.05) is 15.9 Å². The van der Waals surface area contributed by atoms with Crippen molar-refractivity contribution in [1.82, 2.24) is 0 Å². The Hall–Kier alpha value is -1.76. The highest BCUT2D eigenvalue weighted by atomic mass is 35.5. The molecule has 2 aromatic rings. The predicted octanol–water partition coefficient (Wildman–Crippen LogP) is 4.35. The smallest absolute Gasteiger partial charge is 0.247 e. The number of benzene rings is 2. The number of sulfonamides is 1. The maximum Gasteiger partial charge on any atom is 0.247 e.